The minimum atomic E-state index is -4.35. The predicted molar refractivity (Wildman–Crippen MR) is 189 cm³/mol. The summed E-state index contributed by atoms with van der Waals surface area (Å²) in [5, 5.41) is 0. The number of benzene rings is 4. The van der Waals surface area contributed by atoms with Gasteiger partial charge in [0.1, 0.15) is 21.6 Å². The molecule has 0 spiro atoms. The molecule has 248 valence electrons. The molecule has 7 heteroatoms. The van der Waals surface area contributed by atoms with Gasteiger partial charge in [-0.05, 0) is 92.1 Å². The SMILES string of the molecule is CCCCCCCCCCCCc1ccccc1S(=O)(=O)[O-].COc1ccc([S+](c2ccc(C)cc2)c2ccc(OC)cc2)cc1. The highest BCUT2D eigenvalue weighted by Crippen LogP contribution is 2.33. The van der Waals surface area contributed by atoms with Crippen LogP contribution in [0.4, 0.5) is 0 Å². The lowest BCUT2D eigenvalue weighted by Gasteiger charge is -2.12. The van der Waals surface area contributed by atoms with E-state index in [-0.39, 0.29) is 15.8 Å². The Kier molecular flexibility index (Phi) is 16.2. The van der Waals surface area contributed by atoms with Crippen molar-refractivity contribution in [3.63, 3.8) is 0 Å². The summed E-state index contributed by atoms with van der Waals surface area (Å²) in [5.41, 5.74) is 1.93. The fourth-order valence-corrected chi connectivity index (χ4v) is 8.04. The summed E-state index contributed by atoms with van der Waals surface area (Å²) in [5.74, 6) is 1.75. The van der Waals surface area contributed by atoms with Crippen LogP contribution in [0, 0.1) is 6.92 Å². The van der Waals surface area contributed by atoms with Gasteiger partial charge < -0.3 is 14.0 Å². The van der Waals surface area contributed by atoms with E-state index in [9.17, 15) is 13.0 Å². The van der Waals surface area contributed by atoms with E-state index in [4.69, 9.17) is 9.47 Å². The molecule has 0 aliphatic carbocycles. The molecule has 0 heterocycles. The smallest absolute Gasteiger partial charge is 0.166 e. The quantitative estimate of drug-likeness (QED) is 0.0639. The van der Waals surface area contributed by atoms with Crippen molar-refractivity contribution in [1.82, 2.24) is 0 Å². The Labute approximate surface area is 280 Å². The zero-order valence-corrected chi connectivity index (χ0v) is 29.5. The summed E-state index contributed by atoms with van der Waals surface area (Å²) in [6.07, 6.45) is 13.2. The van der Waals surface area contributed by atoms with E-state index in [1.54, 1.807) is 32.4 Å². The molecular formula is C39H50O5S2. The van der Waals surface area contributed by atoms with Crippen molar-refractivity contribution < 1.29 is 22.4 Å². The third-order valence-corrected chi connectivity index (χ3v) is 11.1. The van der Waals surface area contributed by atoms with Crippen LogP contribution in [0.25, 0.3) is 0 Å². The molecule has 0 aromatic heterocycles. The summed E-state index contributed by atoms with van der Waals surface area (Å²) < 4.78 is 44.1. The Balaban J connectivity index is 0.000000252. The minimum Gasteiger partial charge on any atom is -0.744 e. The summed E-state index contributed by atoms with van der Waals surface area (Å²) in [6.45, 7) is 4.35. The molecule has 0 unspecified atom stereocenters. The van der Waals surface area contributed by atoms with Crippen molar-refractivity contribution in [3.05, 3.63) is 108 Å². The van der Waals surface area contributed by atoms with Gasteiger partial charge in [0.2, 0.25) is 0 Å². The van der Waals surface area contributed by atoms with Crippen molar-refractivity contribution in [2.75, 3.05) is 14.2 Å². The summed E-state index contributed by atoms with van der Waals surface area (Å²) in [7, 11) is -1.12. The van der Waals surface area contributed by atoms with E-state index in [1.165, 1.54) is 77.7 Å². The molecule has 4 rings (SSSR count). The Morgan fingerprint density at radius 3 is 1.43 bits per heavy atom. The molecule has 0 saturated heterocycles. The van der Waals surface area contributed by atoms with Gasteiger partial charge in [0.15, 0.2) is 14.7 Å². The van der Waals surface area contributed by atoms with Crippen LogP contribution in [0.15, 0.2) is 117 Å². The maximum atomic E-state index is 11.2. The Morgan fingerprint density at radius 1 is 0.587 bits per heavy atom. The van der Waals surface area contributed by atoms with E-state index < -0.39 is 10.1 Å². The molecule has 0 atom stereocenters. The molecule has 5 nitrogen and oxygen atoms in total. The van der Waals surface area contributed by atoms with Gasteiger partial charge in [-0.3, -0.25) is 0 Å². The van der Waals surface area contributed by atoms with Crippen LogP contribution in [0.5, 0.6) is 11.5 Å². The van der Waals surface area contributed by atoms with Gasteiger partial charge in [0.05, 0.1) is 30.0 Å². The zero-order valence-electron chi connectivity index (χ0n) is 27.9. The third kappa shape index (κ3) is 12.5. The Hall–Kier alpha value is -3.26. The fraction of sp³-hybridized carbons (Fsp3) is 0.385. The number of aryl methyl sites for hydroxylation is 2. The topological polar surface area (TPSA) is 75.7 Å². The second-order valence-corrected chi connectivity index (χ2v) is 14.8. The van der Waals surface area contributed by atoms with Gasteiger partial charge in [-0.1, -0.05) is 101 Å². The van der Waals surface area contributed by atoms with Crippen LogP contribution in [0.3, 0.4) is 0 Å². The van der Waals surface area contributed by atoms with Crippen LogP contribution in [0.2, 0.25) is 0 Å². The second kappa shape index (κ2) is 20.1. The van der Waals surface area contributed by atoms with Crippen molar-refractivity contribution in [2.24, 2.45) is 0 Å². The number of unbranched alkanes of at least 4 members (excludes halogenated alkanes) is 9. The van der Waals surface area contributed by atoms with Gasteiger partial charge in [0.25, 0.3) is 0 Å². The first-order valence-corrected chi connectivity index (χ1v) is 19.0. The average molecular weight is 663 g/mol. The van der Waals surface area contributed by atoms with Gasteiger partial charge >= 0.3 is 0 Å². The fourth-order valence-electron chi connectivity index (χ4n) is 5.26. The molecule has 0 aliphatic rings. The largest absolute Gasteiger partial charge is 0.744 e. The van der Waals surface area contributed by atoms with Gasteiger partial charge in [0, 0.05) is 0 Å². The zero-order chi connectivity index (χ0) is 33.2. The summed E-state index contributed by atoms with van der Waals surface area (Å²) in [4.78, 5) is 3.79. The van der Waals surface area contributed by atoms with Gasteiger partial charge in [-0.25, -0.2) is 8.42 Å². The maximum absolute atomic E-state index is 11.2. The molecule has 0 N–H and O–H groups in total. The summed E-state index contributed by atoms with van der Waals surface area (Å²) >= 11 is 0. The average Bonchev–Trinajstić information content (AvgIpc) is 3.07. The first-order valence-electron chi connectivity index (χ1n) is 16.4. The number of methoxy groups -OCH3 is 2. The normalized spacial score (nSPS) is 11.2. The maximum Gasteiger partial charge on any atom is 0.166 e. The van der Waals surface area contributed by atoms with Crippen molar-refractivity contribution in [2.45, 2.75) is 104 Å². The van der Waals surface area contributed by atoms with E-state index in [2.05, 4.69) is 62.4 Å². The molecule has 0 amide bonds. The lowest BCUT2D eigenvalue weighted by molar-refractivity contribution is 0.414. The number of hydrogen-bond acceptors (Lipinski definition) is 5. The first-order chi connectivity index (χ1) is 22.3. The number of rotatable bonds is 17. The van der Waals surface area contributed by atoms with E-state index in [0.29, 0.717) is 12.0 Å². The highest BCUT2D eigenvalue weighted by atomic mass is 32.2. The van der Waals surface area contributed by atoms with Crippen molar-refractivity contribution in [3.8, 4) is 11.5 Å². The molecule has 46 heavy (non-hydrogen) atoms. The molecular weight excluding hydrogens is 613 g/mol. The molecule has 0 aliphatic heterocycles. The standard InChI is InChI=1S/C21H21O2S.C18H30O3S/c1-16-4-10-19(11-5-16)24(20-12-6-17(22-2)7-13-20)21-14-8-18(23-3)9-15-21;1-2-3-4-5-6-7-8-9-10-11-14-17-15-12-13-16-18(17)22(19,20)21/h4-15H,1-3H3;12-13,15-16H,2-11,14H2,1H3,(H,19,20,21)/q+1;/p-1. The Bertz CT molecular complexity index is 1470. The van der Waals surface area contributed by atoms with Crippen LogP contribution in [-0.4, -0.2) is 27.2 Å². The van der Waals surface area contributed by atoms with Crippen LogP contribution in [-0.2, 0) is 27.4 Å². The molecule has 0 bridgehead atoms. The highest BCUT2D eigenvalue weighted by molar-refractivity contribution is 7.97. The monoisotopic (exact) mass is 662 g/mol. The van der Waals surface area contributed by atoms with Crippen LogP contribution < -0.4 is 9.47 Å². The summed E-state index contributed by atoms with van der Waals surface area (Å²) in [6, 6.07) is 32.0. The molecule has 0 radical (unpaired) electrons. The lowest BCUT2D eigenvalue weighted by Crippen LogP contribution is -2.05. The third-order valence-electron chi connectivity index (χ3n) is 7.89. The van der Waals surface area contributed by atoms with Gasteiger partial charge in [-0.15, -0.1) is 0 Å². The van der Waals surface area contributed by atoms with Gasteiger partial charge in [-0.2, -0.15) is 0 Å². The van der Waals surface area contributed by atoms with Crippen LogP contribution >= 0.6 is 0 Å². The van der Waals surface area contributed by atoms with Crippen molar-refractivity contribution >= 4 is 21.0 Å². The lowest BCUT2D eigenvalue weighted by atomic mass is 10.0. The Morgan fingerprint density at radius 2 is 1.00 bits per heavy atom. The first kappa shape index (κ1) is 37.2. The van der Waals surface area contributed by atoms with Crippen LogP contribution in [0.1, 0.15) is 82.3 Å². The molecule has 0 fully saturated rings. The second-order valence-electron chi connectivity index (χ2n) is 11.5. The van der Waals surface area contributed by atoms with E-state index >= 15 is 0 Å². The van der Waals surface area contributed by atoms with E-state index in [0.717, 1.165) is 24.3 Å². The number of ether oxygens (including phenoxy) is 2. The molecule has 4 aromatic carbocycles. The highest BCUT2D eigenvalue weighted by Gasteiger charge is 2.28. The van der Waals surface area contributed by atoms with E-state index in [1.807, 2.05) is 24.3 Å². The predicted octanol–water partition coefficient (Wildman–Crippen LogP) is 10.2. The molecule has 0 saturated carbocycles. The number of hydrogen-bond donors (Lipinski definition) is 0. The minimum absolute atomic E-state index is 0.0501. The van der Waals surface area contributed by atoms with Crippen molar-refractivity contribution in [1.29, 1.82) is 0 Å². The molecule has 4 aromatic rings.